The first-order valence-corrected chi connectivity index (χ1v) is 11.6. The van der Waals surface area contributed by atoms with Gasteiger partial charge in [-0.05, 0) is 31.5 Å². The molecule has 0 radical (unpaired) electrons. The Bertz CT molecular complexity index is 1040. The molecular weight excluding hydrogens is 450 g/mol. The van der Waals surface area contributed by atoms with Gasteiger partial charge in [0.25, 0.3) is 5.69 Å². The van der Waals surface area contributed by atoms with Gasteiger partial charge in [0.1, 0.15) is 12.3 Å². The van der Waals surface area contributed by atoms with Crippen LogP contribution >= 0.6 is 11.8 Å². The number of thioether (sulfide) groups is 1. The summed E-state index contributed by atoms with van der Waals surface area (Å²) in [5.41, 5.74) is 0.665. The van der Waals surface area contributed by atoms with Gasteiger partial charge >= 0.3 is 5.97 Å². The molecule has 1 aromatic rings. The predicted octanol–water partition coefficient (Wildman–Crippen LogP) is 1.72. The number of β-lactam (4-membered cyclic amide) rings is 1. The molecule has 2 amide bonds. The summed E-state index contributed by atoms with van der Waals surface area (Å²) in [6.07, 6.45) is -0.539. The topological polar surface area (TPSA) is 139 Å². The van der Waals surface area contributed by atoms with Gasteiger partial charge in [-0.25, -0.2) is 4.79 Å². The number of esters is 1. The van der Waals surface area contributed by atoms with Gasteiger partial charge in [0.2, 0.25) is 11.8 Å². The number of nitrogens with zero attached hydrogens (tertiary/aromatic N) is 2. The fourth-order valence-corrected chi connectivity index (χ4v) is 6.15. The number of carbonyl (C=O) groups excluding carboxylic acids is 3. The summed E-state index contributed by atoms with van der Waals surface area (Å²) in [5.74, 6) is -1.86. The quantitative estimate of drug-likeness (QED) is 0.263. The van der Waals surface area contributed by atoms with Crippen molar-refractivity contribution in [3.8, 4) is 0 Å². The van der Waals surface area contributed by atoms with Crippen LogP contribution < -0.4 is 5.32 Å². The van der Waals surface area contributed by atoms with Gasteiger partial charge in [0.15, 0.2) is 0 Å². The van der Waals surface area contributed by atoms with Gasteiger partial charge in [-0.2, -0.15) is 0 Å². The van der Waals surface area contributed by atoms with E-state index in [1.807, 2.05) is 13.8 Å². The third-order valence-corrected chi connectivity index (χ3v) is 8.13. The zero-order valence-electron chi connectivity index (χ0n) is 18.4. The van der Waals surface area contributed by atoms with E-state index in [2.05, 4.69) is 5.32 Å². The Morgan fingerprint density at radius 3 is 2.55 bits per heavy atom. The lowest BCUT2D eigenvalue weighted by Crippen LogP contribution is -2.63. The van der Waals surface area contributed by atoms with Crippen molar-refractivity contribution in [1.29, 1.82) is 0 Å². The molecular formula is C22H25N3O7S. The second-order valence-corrected chi connectivity index (χ2v) is 9.96. The monoisotopic (exact) mass is 475 g/mol. The molecule has 6 atom stereocenters. The Hall–Kier alpha value is -2.92. The molecule has 0 saturated carbocycles. The minimum absolute atomic E-state index is 0.0604. The van der Waals surface area contributed by atoms with Crippen molar-refractivity contribution in [1.82, 2.24) is 10.2 Å². The zero-order valence-corrected chi connectivity index (χ0v) is 19.2. The highest BCUT2D eigenvalue weighted by Gasteiger charge is 2.60. The number of non-ortho nitro benzene ring substituents is 1. The van der Waals surface area contributed by atoms with Gasteiger partial charge in [0, 0.05) is 40.7 Å². The van der Waals surface area contributed by atoms with E-state index in [1.165, 1.54) is 40.9 Å². The van der Waals surface area contributed by atoms with Gasteiger partial charge in [-0.15, -0.1) is 11.8 Å². The summed E-state index contributed by atoms with van der Waals surface area (Å²) < 4.78 is 5.48. The maximum absolute atomic E-state index is 13.1. The summed E-state index contributed by atoms with van der Waals surface area (Å²) in [6, 6.07) is 5.24. The fraction of sp³-hybridized carbons (Fsp3) is 0.500. The Morgan fingerprint density at radius 1 is 1.33 bits per heavy atom. The van der Waals surface area contributed by atoms with Crippen LogP contribution in [0.4, 0.5) is 5.69 Å². The summed E-state index contributed by atoms with van der Waals surface area (Å²) in [7, 11) is 0. The average molecular weight is 476 g/mol. The van der Waals surface area contributed by atoms with Crippen molar-refractivity contribution >= 4 is 35.2 Å². The zero-order chi connectivity index (χ0) is 24.0. The number of nitro groups is 1. The number of rotatable bonds is 7. The number of aliphatic hydroxyl groups excluding tert-OH is 1. The minimum Gasteiger partial charge on any atom is -0.456 e. The smallest absolute Gasteiger partial charge is 0.356 e. The van der Waals surface area contributed by atoms with Crippen molar-refractivity contribution in [3.63, 3.8) is 0 Å². The van der Waals surface area contributed by atoms with Crippen molar-refractivity contribution in [2.75, 3.05) is 0 Å². The molecule has 2 fully saturated rings. The molecule has 1 aromatic carbocycles. The highest BCUT2D eigenvalue weighted by atomic mass is 32.2. The summed E-state index contributed by atoms with van der Waals surface area (Å²) in [5, 5.41) is 23.7. The van der Waals surface area contributed by atoms with E-state index in [0.717, 1.165) is 0 Å². The molecule has 0 unspecified atom stereocenters. The molecule has 2 N–H and O–H groups in total. The Morgan fingerprint density at radius 2 is 2.00 bits per heavy atom. The van der Waals surface area contributed by atoms with E-state index in [-0.39, 0.29) is 53.1 Å². The summed E-state index contributed by atoms with van der Waals surface area (Å²) in [6.45, 7) is 5.26. The van der Waals surface area contributed by atoms with E-state index in [0.29, 0.717) is 16.9 Å². The predicted molar refractivity (Wildman–Crippen MR) is 118 cm³/mol. The lowest BCUT2D eigenvalue weighted by atomic mass is 9.79. The first-order valence-electron chi connectivity index (χ1n) is 10.7. The molecule has 3 aliphatic heterocycles. The van der Waals surface area contributed by atoms with Crippen molar-refractivity contribution in [2.24, 2.45) is 11.8 Å². The van der Waals surface area contributed by atoms with Gasteiger partial charge < -0.3 is 20.1 Å². The number of benzene rings is 1. The van der Waals surface area contributed by atoms with Crippen LogP contribution in [0.15, 0.2) is 34.9 Å². The maximum Gasteiger partial charge on any atom is 0.356 e. The number of fused-ring (bicyclic) bond motifs is 1. The van der Waals surface area contributed by atoms with E-state index >= 15 is 0 Å². The lowest BCUT2D eigenvalue weighted by molar-refractivity contribution is -0.384. The summed E-state index contributed by atoms with van der Waals surface area (Å²) in [4.78, 5) is 50.2. The standard InChI is InChI=1S/C22H25N3O7S/c1-10-18-17(12(3)26)21(28)24(18)19(20(10)33-15-8-16(27)23-11(15)2)22(29)32-9-13-4-6-14(7-5-13)25(30)31/h4-7,10-12,15,17-18,26H,8-9H2,1-3H3,(H,23,27)/t10-,11+,12-,15-,17-,18-/m1/s1. The Kier molecular flexibility index (Phi) is 6.19. The Labute approximate surface area is 194 Å². The molecule has 33 heavy (non-hydrogen) atoms. The van der Waals surface area contributed by atoms with Crippen LogP contribution in [0.5, 0.6) is 0 Å². The van der Waals surface area contributed by atoms with Crippen molar-refractivity contribution < 1.29 is 29.2 Å². The second-order valence-electron chi connectivity index (χ2n) is 8.68. The molecule has 11 heteroatoms. The third-order valence-electron chi connectivity index (χ3n) is 6.43. The SMILES string of the molecule is C[C@@H]1NC(=O)C[C@H]1SC1=C(C(=O)OCc2ccc([N+](=O)[O-])cc2)N2C(=O)[C@H]([C@@H](C)O)[C@H]2[C@H]1C. The summed E-state index contributed by atoms with van der Waals surface area (Å²) >= 11 is 1.41. The van der Waals surface area contributed by atoms with E-state index in [9.17, 15) is 29.6 Å². The lowest BCUT2D eigenvalue weighted by Gasteiger charge is -2.46. The number of hydrogen-bond acceptors (Lipinski definition) is 8. The van der Waals surface area contributed by atoms with Crippen LogP contribution in [0.1, 0.15) is 32.8 Å². The van der Waals surface area contributed by atoms with Crippen LogP contribution in [-0.4, -0.2) is 56.2 Å². The molecule has 0 aliphatic carbocycles. The maximum atomic E-state index is 13.1. The second kappa shape index (κ2) is 8.79. The molecule has 3 heterocycles. The molecule has 176 valence electrons. The van der Waals surface area contributed by atoms with Crippen LogP contribution in [0.25, 0.3) is 0 Å². The highest BCUT2D eigenvalue weighted by Crippen LogP contribution is 2.52. The van der Waals surface area contributed by atoms with Crippen molar-refractivity contribution in [3.05, 3.63) is 50.5 Å². The minimum atomic E-state index is -0.850. The van der Waals surface area contributed by atoms with E-state index in [1.54, 1.807) is 6.92 Å². The first kappa shape index (κ1) is 23.2. The molecule has 3 aliphatic rings. The van der Waals surface area contributed by atoms with Crippen LogP contribution in [0.3, 0.4) is 0 Å². The first-order chi connectivity index (χ1) is 15.6. The number of hydrogen-bond donors (Lipinski definition) is 2. The van der Waals surface area contributed by atoms with Crippen LogP contribution in [0, 0.1) is 22.0 Å². The number of aliphatic hydroxyl groups is 1. The molecule has 0 bridgehead atoms. The molecule has 0 spiro atoms. The molecule has 10 nitrogen and oxygen atoms in total. The van der Waals surface area contributed by atoms with Crippen LogP contribution in [-0.2, 0) is 25.7 Å². The van der Waals surface area contributed by atoms with Crippen molar-refractivity contribution in [2.45, 2.75) is 57.2 Å². The largest absolute Gasteiger partial charge is 0.456 e. The fourth-order valence-electron chi connectivity index (χ4n) is 4.67. The third kappa shape index (κ3) is 4.10. The molecule has 4 rings (SSSR count). The molecule has 2 saturated heterocycles. The highest BCUT2D eigenvalue weighted by molar-refractivity contribution is 8.03. The van der Waals surface area contributed by atoms with Gasteiger partial charge in [-0.3, -0.25) is 19.7 Å². The number of nitrogens with one attached hydrogen (secondary N) is 1. The number of ether oxygens (including phenoxy) is 1. The number of carbonyl (C=O) groups is 3. The normalized spacial score (nSPS) is 29.5. The Balaban J connectivity index is 1.57. The van der Waals surface area contributed by atoms with Gasteiger partial charge in [-0.1, -0.05) is 6.92 Å². The van der Waals surface area contributed by atoms with Crippen LogP contribution in [0.2, 0.25) is 0 Å². The molecule has 0 aromatic heterocycles. The number of nitro benzene ring substituents is 1. The average Bonchev–Trinajstić information content (AvgIpc) is 3.20. The van der Waals surface area contributed by atoms with E-state index < -0.39 is 22.9 Å². The number of amides is 2. The van der Waals surface area contributed by atoms with E-state index in [4.69, 9.17) is 4.74 Å². The van der Waals surface area contributed by atoms with Gasteiger partial charge in [0.05, 0.1) is 23.0 Å².